The number of carbonyl (C=O) groups excluding carboxylic acids is 2. The molecule has 0 saturated carbocycles. The van der Waals surface area contributed by atoms with E-state index in [4.69, 9.17) is 19.3 Å². The van der Waals surface area contributed by atoms with E-state index < -0.39 is 45.2 Å². The van der Waals surface area contributed by atoms with E-state index in [9.17, 15) is 19.3 Å². The lowest BCUT2D eigenvalue weighted by atomic mass is 10.2. The third kappa shape index (κ3) is 43.1. The maximum absolute atomic E-state index is 12.4. The number of hydrogen-bond acceptors (Lipinski definition) is 7. The van der Waals surface area contributed by atoms with E-state index in [1.807, 2.05) is 24.3 Å². The van der Waals surface area contributed by atoms with Crippen molar-refractivity contribution >= 4 is 19.8 Å². The first-order valence-electron chi connectivity index (χ1n) is 20.6. The molecule has 318 valence electrons. The van der Waals surface area contributed by atoms with Gasteiger partial charge in [-0.15, -0.1) is 0 Å². The van der Waals surface area contributed by atoms with Crippen molar-refractivity contribution < 1.29 is 43.0 Å². The van der Waals surface area contributed by atoms with Gasteiger partial charge in [0, 0.05) is 12.8 Å². The van der Waals surface area contributed by atoms with E-state index in [1.165, 1.54) is 25.7 Å². The van der Waals surface area contributed by atoms with Crippen molar-refractivity contribution in [2.45, 2.75) is 135 Å². The lowest BCUT2D eigenvalue weighted by molar-refractivity contribution is -0.161. The number of esters is 2. The highest BCUT2D eigenvalue weighted by molar-refractivity contribution is 7.46. The Hall–Kier alpha value is -3.85. The van der Waals surface area contributed by atoms with Gasteiger partial charge in [0.2, 0.25) is 0 Å². The molecular weight excluding hydrogens is 739 g/mol. The first kappa shape index (κ1) is 53.1. The molecule has 0 aromatic carbocycles. The molecule has 0 rings (SSSR count). The van der Waals surface area contributed by atoms with Crippen LogP contribution in [0.1, 0.15) is 123 Å². The fourth-order valence-corrected chi connectivity index (χ4v) is 5.06. The standard InChI is InChI=1S/C47H71O9P/c1-3-5-7-9-11-13-15-17-19-21-22-23-25-27-29-31-33-35-37-39-46(49)54-42-45(43-55-57(51,52)53)56-47(50)41-40-44(48)38-36-34-32-30-28-26-24-20-18-16-14-12-10-8-6-4-2/h6,8,11-14,17-20,22-23,26-29,32-36,38,44-45,48H,3-5,7,9-10,15-16,21,24-25,30-31,37,39-43H2,1-2H3,(H2,51,52,53)/b8-6-,13-11-,14-12-,19-17-,20-18-,23-22-,28-26-,29-27-,34-32-,35-33-,38-36-/t44?,45-/m1/s1. The van der Waals surface area contributed by atoms with Gasteiger partial charge < -0.3 is 24.4 Å². The van der Waals surface area contributed by atoms with Gasteiger partial charge in [-0.3, -0.25) is 14.1 Å². The number of unbranched alkanes of at least 4 members (excludes halogenated alkanes) is 3. The normalized spacial score (nSPS) is 14.4. The average Bonchev–Trinajstić information content (AvgIpc) is 3.18. The molecule has 9 nitrogen and oxygen atoms in total. The summed E-state index contributed by atoms with van der Waals surface area (Å²) in [6, 6.07) is 0. The molecule has 0 amide bonds. The number of aliphatic hydroxyl groups is 1. The van der Waals surface area contributed by atoms with Crippen LogP contribution in [0, 0.1) is 0 Å². The molecule has 0 spiro atoms. The lowest BCUT2D eigenvalue weighted by Crippen LogP contribution is -2.29. The highest BCUT2D eigenvalue weighted by Crippen LogP contribution is 2.35. The smallest absolute Gasteiger partial charge is 0.462 e. The fraction of sp³-hybridized carbons (Fsp3) is 0.489. The first-order chi connectivity index (χ1) is 27.7. The van der Waals surface area contributed by atoms with Gasteiger partial charge in [-0.1, -0.05) is 160 Å². The molecule has 0 aliphatic rings. The number of phosphoric ester groups is 1. The first-order valence-corrected chi connectivity index (χ1v) is 22.1. The van der Waals surface area contributed by atoms with Crippen molar-refractivity contribution in [3.8, 4) is 0 Å². The Labute approximate surface area is 344 Å². The predicted octanol–water partition coefficient (Wildman–Crippen LogP) is 11.7. The average molecular weight is 811 g/mol. The molecule has 0 aromatic heterocycles. The van der Waals surface area contributed by atoms with Gasteiger partial charge in [-0.25, -0.2) is 4.57 Å². The van der Waals surface area contributed by atoms with Gasteiger partial charge in [0.05, 0.1) is 12.7 Å². The highest BCUT2D eigenvalue weighted by atomic mass is 31.2. The minimum atomic E-state index is -4.85. The zero-order chi connectivity index (χ0) is 41.9. The van der Waals surface area contributed by atoms with Gasteiger partial charge in [0.1, 0.15) is 6.61 Å². The van der Waals surface area contributed by atoms with Crippen molar-refractivity contribution in [1.82, 2.24) is 0 Å². The van der Waals surface area contributed by atoms with Crippen molar-refractivity contribution in [3.63, 3.8) is 0 Å². The Morgan fingerprint density at radius 3 is 1.53 bits per heavy atom. The summed E-state index contributed by atoms with van der Waals surface area (Å²) in [6.07, 6.45) is 56.5. The predicted molar refractivity (Wildman–Crippen MR) is 235 cm³/mol. The van der Waals surface area contributed by atoms with Crippen LogP contribution in [0.15, 0.2) is 134 Å². The summed E-state index contributed by atoms with van der Waals surface area (Å²) >= 11 is 0. The Morgan fingerprint density at radius 1 is 0.561 bits per heavy atom. The minimum absolute atomic E-state index is 0.0687. The van der Waals surface area contributed by atoms with E-state index in [-0.39, 0.29) is 19.3 Å². The van der Waals surface area contributed by atoms with Gasteiger partial charge in [0.25, 0.3) is 0 Å². The second kappa shape index (κ2) is 40.4. The fourth-order valence-electron chi connectivity index (χ4n) is 4.70. The molecule has 0 radical (unpaired) electrons. The van der Waals surface area contributed by atoms with Crippen LogP contribution >= 0.6 is 7.82 Å². The number of carbonyl (C=O) groups is 2. The van der Waals surface area contributed by atoms with Crippen LogP contribution in [0.3, 0.4) is 0 Å². The zero-order valence-electron chi connectivity index (χ0n) is 34.5. The Balaban J connectivity index is 4.33. The molecule has 1 unspecified atom stereocenters. The minimum Gasteiger partial charge on any atom is -0.462 e. The summed E-state index contributed by atoms with van der Waals surface area (Å²) in [7, 11) is -4.85. The molecule has 0 saturated heterocycles. The van der Waals surface area contributed by atoms with E-state index >= 15 is 0 Å². The van der Waals surface area contributed by atoms with Crippen molar-refractivity contribution in [2.24, 2.45) is 0 Å². The molecule has 3 N–H and O–H groups in total. The van der Waals surface area contributed by atoms with E-state index in [1.54, 1.807) is 12.2 Å². The number of aliphatic hydroxyl groups excluding tert-OH is 1. The second-order valence-corrected chi connectivity index (χ2v) is 14.3. The largest absolute Gasteiger partial charge is 0.469 e. The van der Waals surface area contributed by atoms with Crippen LogP contribution in [-0.4, -0.2) is 52.3 Å². The van der Waals surface area contributed by atoms with E-state index in [0.717, 1.165) is 57.8 Å². The monoisotopic (exact) mass is 810 g/mol. The van der Waals surface area contributed by atoms with Crippen LogP contribution in [0.4, 0.5) is 0 Å². The maximum Gasteiger partial charge on any atom is 0.469 e. The Morgan fingerprint density at radius 2 is 1.04 bits per heavy atom. The van der Waals surface area contributed by atoms with Crippen LogP contribution in [0.25, 0.3) is 0 Å². The number of phosphoric acid groups is 1. The molecule has 2 atom stereocenters. The Bertz CT molecular complexity index is 1390. The van der Waals surface area contributed by atoms with Crippen LogP contribution in [-0.2, 0) is 28.2 Å². The molecule has 0 fully saturated rings. The third-order valence-corrected chi connectivity index (χ3v) is 8.27. The van der Waals surface area contributed by atoms with Gasteiger partial charge >= 0.3 is 19.8 Å². The van der Waals surface area contributed by atoms with Crippen LogP contribution < -0.4 is 0 Å². The number of rotatable bonds is 35. The molecule has 0 aliphatic carbocycles. The summed E-state index contributed by atoms with van der Waals surface area (Å²) in [5, 5.41) is 10.2. The highest BCUT2D eigenvalue weighted by Gasteiger charge is 2.23. The Kier molecular flexibility index (Phi) is 37.6. The molecule has 10 heteroatoms. The van der Waals surface area contributed by atoms with Crippen LogP contribution in [0.2, 0.25) is 0 Å². The van der Waals surface area contributed by atoms with Gasteiger partial charge in [-0.2, -0.15) is 0 Å². The maximum atomic E-state index is 12.4. The third-order valence-electron chi connectivity index (χ3n) is 7.78. The summed E-state index contributed by atoms with van der Waals surface area (Å²) in [4.78, 5) is 42.8. The topological polar surface area (TPSA) is 140 Å². The summed E-state index contributed by atoms with van der Waals surface area (Å²) in [5.74, 6) is -1.28. The van der Waals surface area contributed by atoms with Crippen molar-refractivity contribution in [2.75, 3.05) is 13.2 Å². The van der Waals surface area contributed by atoms with E-state index in [2.05, 4.69) is 116 Å². The SMILES string of the molecule is CC/C=C\C/C=C\C/C=C\C/C=C\C/C=C\C=C/C(O)CCC(=O)O[C@H](COC(=O)CC/C=C\C/C=C\C/C=C\C/C=C\C/C=C\CCCCC)COP(=O)(O)O. The van der Waals surface area contributed by atoms with Crippen molar-refractivity contribution in [1.29, 1.82) is 0 Å². The summed E-state index contributed by atoms with van der Waals surface area (Å²) in [5.41, 5.74) is 0. The second-order valence-electron chi connectivity index (χ2n) is 13.1. The molecule has 0 bridgehead atoms. The summed E-state index contributed by atoms with van der Waals surface area (Å²) in [6.45, 7) is 3.25. The van der Waals surface area contributed by atoms with Crippen LogP contribution in [0.5, 0.6) is 0 Å². The zero-order valence-corrected chi connectivity index (χ0v) is 35.4. The molecular formula is C47H71O9P. The van der Waals surface area contributed by atoms with Gasteiger partial charge in [0.15, 0.2) is 6.10 Å². The van der Waals surface area contributed by atoms with E-state index in [0.29, 0.717) is 6.42 Å². The van der Waals surface area contributed by atoms with Crippen molar-refractivity contribution in [3.05, 3.63) is 134 Å². The molecule has 0 aliphatic heterocycles. The molecule has 0 aromatic rings. The van der Waals surface area contributed by atoms with Gasteiger partial charge in [-0.05, 0) is 83.5 Å². The summed E-state index contributed by atoms with van der Waals surface area (Å²) < 4.78 is 26.1. The number of hydrogen-bond donors (Lipinski definition) is 3. The number of allylic oxidation sites excluding steroid dienone is 21. The lowest BCUT2D eigenvalue weighted by Gasteiger charge is -2.18. The molecule has 57 heavy (non-hydrogen) atoms. The molecule has 0 heterocycles. The number of ether oxygens (including phenoxy) is 2. The quantitative estimate of drug-likeness (QED) is 0.0188.